The molecule has 2 nitrogen and oxygen atoms in total. The minimum Gasteiger partial charge on any atom is -0.504 e. The van der Waals surface area contributed by atoms with Gasteiger partial charge in [0.05, 0.1) is 5.39 Å². The van der Waals surface area contributed by atoms with Gasteiger partial charge >= 0.3 is 0 Å². The number of hydrogen-bond acceptors (Lipinski definition) is 2. The Morgan fingerprint density at radius 2 is 1.67 bits per heavy atom. The first-order valence-corrected chi connectivity index (χ1v) is 5.60. The summed E-state index contributed by atoms with van der Waals surface area (Å²) in [6.45, 7) is 0. The lowest BCUT2D eigenvalue weighted by Gasteiger charge is -1.91. The second-order valence-corrected chi connectivity index (χ2v) is 3.95. The van der Waals surface area contributed by atoms with E-state index in [1.165, 1.54) is 6.26 Å². The van der Waals surface area contributed by atoms with E-state index in [9.17, 15) is 5.11 Å². The topological polar surface area (TPSA) is 33.4 Å². The van der Waals surface area contributed by atoms with Gasteiger partial charge in [0.25, 0.3) is 0 Å². The predicted octanol–water partition coefficient (Wildman–Crippen LogP) is 3.54. The van der Waals surface area contributed by atoms with Crippen LogP contribution in [0.1, 0.15) is 11.1 Å². The molecule has 0 fully saturated rings. The number of hydrogen-bond donors (Lipinski definition) is 1. The highest BCUT2D eigenvalue weighted by Gasteiger charge is 2.03. The summed E-state index contributed by atoms with van der Waals surface area (Å²) in [5.74, 6) is 6.31. The first kappa shape index (κ1) is 10.5. The third kappa shape index (κ3) is 1.94. The molecule has 86 valence electrons. The Morgan fingerprint density at radius 1 is 0.889 bits per heavy atom. The number of furan rings is 1. The van der Waals surface area contributed by atoms with Crippen LogP contribution in [0.4, 0.5) is 0 Å². The number of aromatic hydroxyl groups is 1. The first-order chi connectivity index (χ1) is 8.83. The van der Waals surface area contributed by atoms with Crippen LogP contribution in [0.2, 0.25) is 0 Å². The van der Waals surface area contributed by atoms with Gasteiger partial charge in [-0.2, -0.15) is 0 Å². The van der Waals surface area contributed by atoms with Gasteiger partial charge in [0.1, 0.15) is 11.8 Å². The summed E-state index contributed by atoms with van der Waals surface area (Å²) >= 11 is 0. The van der Waals surface area contributed by atoms with Crippen molar-refractivity contribution in [3.8, 4) is 17.6 Å². The van der Waals surface area contributed by atoms with E-state index < -0.39 is 0 Å². The summed E-state index contributed by atoms with van der Waals surface area (Å²) in [5, 5.41) is 10.2. The van der Waals surface area contributed by atoms with Crippen LogP contribution in [-0.2, 0) is 0 Å². The van der Waals surface area contributed by atoms with Crippen LogP contribution in [0.3, 0.4) is 0 Å². The van der Waals surface area contributed by atoms with Crippen LogP contribution >= 0.6 is 0 Å². The Morgan fingerprint density at radius 3 is 2.50 bits per heavy atom. The summed E-state index contributed by atoms with van der Waals surface area (Å²) in [5.41, 5.74) is 2.48. The molecule has 0 unspecified atom stereocenters. The second kappa shape index (κ2) is 4.31. The highest BCUT2D eigenvalue weighted by Crippen LogP contribution is 2.26. The van der Waals surface area contributed by atoms with Gasteiger partial charge < -0.3 is 9.52 Å². The van der Waals surface area contributed by atoms with E-state index in [2.05, 4.69) is 11.8 Å². The van der Waals surface area contributed by atoms with Crippen LogP contribution in [0.5, 0.6) is 5.75 Å². The molecule has 0 bridgehead atoms. The monoisotopic (exact) mass is 234 g/mol. The quantitative estimate of drug-likeness (QED) is 0.603. The van der Waals surface area contributed by atoms with E-state index in [-0.39, 0.29) is 5.75 Å². The lowest BCUT2D eigenvalue weighted by molar-refractivity contribution is 0.464. The molecule has 0 aliphatic rings. The molecule has 0 saturated heterocycles. The van der Waals surface area contributed by atoms with Crippen molar-refractivity contribution >= 4 is 11.0 Å². The van der Waals surface area contributed by atoms with Gasteiger partial charge in [0.2, 0.25) is 0 Å². The normalized spacial score (nSPS) is 10.0. The zero-order valence-electron chi connectivity index (χ0n) is 9.55. The standard InChI is InChI=1S/C16H10O2/c17-15-11-18-16-10-13(8-9-14(15)16)7-6-12-4-2-1-3-5-12/h1-5,8-11,17H. The van der Waals surface area contributed by atoms with Gasteiger partial charge in [-0.25, -0.2) is 0 Å². The number of rotatable bonds is 0. The summed E-state index contributed by atoms with van der Waals surface area (Å²) < 4.78 is 5.22. The molecular formula is C16H10O2. The molecule has 0 radical (unpaired) electrons. The molecule has 1 aromatic heterocycles. The van der Waals surface area contributed by atoms with Crippen molar-refractivity contribution in [1.82, 2.24) is 0 Å². The SMILES string of the molecule is Oc1coc2cc(C#Cc3ccccc3)ccc12. The minimum absolute atomic E-state index is 0.160. The molecule has 2 aromatic carbocycles. The van der Waals surface area contributed by atoms with E-state index >= 15 is 0 Å². The molecule has 3 aromatic rings. The average molecular weight is 234 g/mol. The molecule has 0 saturated carbocycles. The minimum atomic E-state index is 0.160. The fourth-order valence-corrected chi connectivity index (χ4v) is 1.76. The van der Waals surface area contributed by atoms with E-state index in [0.717, 1.165) is 11.1 Å². The highest BCUT2D eigenvalue weighted by molar-refractivity contribution is 5.84. The van der Waals surface area contributed by atoms with Gasteiger partial charge in [0, 0.05) is 11.1 Å². The Hall–Kier alpha value is -2.66. The molecule has 0 spiro atoms. The van der Waals surface area contributed by atoms with Gasteiger partial charge in [0.15, 0.2) is 5.75 Å². The number of benzene rings is 2. The van der Waals surface area contributed by atoms with Gasteiger partial charge in [-0.15, -0.1) is 0 Å². The van der Waals surface area contributed by atoms with E-state index in [1.807, 2.05) is 48.5 Å². The average Bonchev–Trinajstić information content (AvgIpc) is 2.79. The molecule has 0 atom stereocenters. The Balaban J connectivity index is 1.99. The van der Waals surface area contributed by atoms with E-state index in [0.29, 0.717) is 11.0 Å². The highest BCUT2D eigenvalue weighted by atomic mass is 16.4. The van der Waals surface area contributed by atoms with Crippen LogP contribution in [0.25, 0.3) is 11.0 Å². The summed E-state index contributed by atoms with van der Waals surface area (Å²) in [6.07, 6.45) is 1.33. The molecule has 3 rings (SSSR count). The van der Waals surface area contributed by atoms with Gasteiger partial charge in [-0.3, -0.25) is 0 Å². The lowest BCUT2D eigenvalue weighted by atomic mass is 10.1. The second-order valence-electron chi connectivity index (χ2n) is 3.95. The number of fused-ring (bicyclic) bond motifs is 1. The molecule has 0 amide bonds. The Labute approximate surface area is 104 Å². The van der Waals surface area contributed by atoms with Crippen molar-refractivity contribution in [3.05, 3.63) is 65.9 Å². The molecule has 18 heavy (non-hydrogen) atoms. The molecule has 1 N–H and O–H groups in total. The molecule has 0 aliphatic heterocycles. The molecular weight excluding hydrogens is 224 g/mol. The third-order valence-corrected chi connectivity index (χ3v) is 2.68. The molecule has 1 heterocycles. The van der Waals surface area contributed by atoms with Crippen molar-refractivity contribution in [3.63, 3.8) is 0 Å². The van der Waals surface area contributed by atoms with Crippen molar-refractivity contribution in [2.75, 3.05) is 0 Å². The van der Waals surface area contributed by atoms with Crippen molar-refractivity contribution < 1.29 is 9.52 Å². The Kier molecular flexibility index (Phi) is 2.51. The Bertz CT molecular complexity index is 743. The van der Waals surface area contributed by atoms with E-state index in [4.69, 9.17) is 4.42 Å². The predicted molar refractivity (Wildman–Crippen MR) is 70.3 cm³/mol. The smallest absolute Gasteiger partial charge is 0.161 e. The summed E-state index contributed by atoms with van der Waals surface area (Å²) in [4.78, 5) is 0. The summed E-state index contributed by atoms with van der Waals surface area (Å²) in [7, 11) is 0. The third-order valence-electron chi connectivity index (χ3n) is 2.68. The maximum absolute atomic E-state index is 9.48. The maximum atomic E-state index is 9.48. The first-order valence-electron chi connectivity index (χ1n) is 5.60. The maximum Gasteiger partial charge on any atom is 0.161 e. The molecule has 0 aliphatic carbocycles. The van der Waals surface area contributed by atoms with E-state index in [1.54, 1.807) is 0 Å². The zero-order valence-corrected chi connectivity index (χ0v) is 9.55. The molecule has 2 heteroatoms. The van der Waals surface area contributed by atoms with Crippen molar-refractivity contribution in [1.29, 1.82) is 0 Å². The van der Waals surface area contributed by atoms with Crippen LogP contribution < -0.4 is 0 Å². The lowest BCUT2D eigenvalue weighted by Crippen LogP contribution is -1.75. The van der Waals surface area contributed by atoms with Crippen molar-refractivity contribution in [2.24, 2.45) is 0 Å². The zero-order chi connectivity index (χ0) is 12.4. The van der Waals surface area contributed by atoms with Gasteiger partial charge in [-0.1, -0.05) is 30.0 Å². The fourth-order valence-electron chi connectivity index (χ4n) is 1.76. The van der Waals surface area contributed by atoms with Crippen LogP contribution in [0.15, 0.2) is 59.2 Å². The summed E-state index contributed by atoms with van der Waals surface area (Å²) in [6, 6.07) is 15.3. The largest absolute Gasteiger partial charge is 0.504 e. The van der Waals surface area contributed by atoms with Crippen molar-refractivity contribution in [2.45, 2.75) is 0 Å². The fraction of sp³-hybridized carbons (Fsp3) is 0. The van der Waals surface area contributed by atoms with Crippen LogP contribution in [-0.4, -0.2) is 5.11 Å². The van der Waals surface area contributed by atoms with Crippen LogP contribution in [0, 0.1) is 11.8 Å². The van der Waals surface area contributed by atoms with Gasteiger partial charge in [-0.05, 0) is 30.3 Å².